The van der Waals surface area contributed by atoms with Gasteiger partial charge >= 0.3 is 5.97 Å². The lowest BCUT2D eigenvalue weighted by Crippen LogP contribution is -2.39. The predicted molar refractivity (Wildman–Crippen MR) is 141 cm³/mol. The fourth-order valence-corrected chi connectivity index (χ4v) is 5.30. The second-order valence-corrected chi connectivity index (χ2v) is 11.4. The van der Waals surface area contributed by atoms with Gasteiger partial charge in [0.2, 0.25) is 0 Å². The number of thiazole rings is 1. The number of hydrogen-bond acceptors (Lipinski definition) is 7. The Morgan fingerprint density at radius 2 is 1.86 bits per heavy atom. The number of hydrogen-bond donors (Lipinski definition) is 2. The molecule has 196 valence electrons. The lowest BCUT2D eigenvalue weighted by molar-refractivity contribution is -0.151. The molecule has 1 aromatic rings. The highest BCUT2D eigenvalue weighted by Crippen LogP contribution is 2.27. The van der Waals surface area contributed by atoms with Crippen molar-refractivity contribution in [2.75, 3.05) is 0 Å². The highest BCUT2D eigenvalue weighted by Gasteiger charge is 2.34. The van der Waals surface area contributed by atoms with Crippen molar-refractivity contribution < 1.29 is 24.5 Å². The van der Waals surface area contributed by atoms with Gasteiger partial charge in [-0.15, -0.1) is 11.3 Å². The zero-order valence-electron chi connectivity index (χ0n) is 22.1. The van der Waals surface area contributed by atoms with E-state index < -0.39 is 36.1 Å². The summed E-state index contributed by atoms with van der Waals surface area (Å²) in [5.74, 6) is -1.74. The second-order valence-electron chi connectivity index (χ2n) is 10.4. The summed E-state index contributed by atoms with van der Waals surface area (Å²) in [6.45, 7) is 11.4. The molecule has 0 bridgehead atoms. The van der Waals surface area contributed by atoms with Crippen molar-refractivity contribution in [3.63, 3.8) is 0 Å². The SMILES string of the molecule is C/C(=C\c1csc(C)n1)[C@@H]1CC=CCCCC(C)C[C@H](C)[C@H](O)[C@@H](C)C(=O)C(C)[C@@H](O)CC(=O)O1. The molecule has 2 unspecified atom stereocenters. The van der Waals surface area contributed by atoms with E-state index in [0.29, 0.717) is 12.3 Å². The van der Waals surface area contributed by atoms with Crippen LogP contribution in [0.5, 0.6) is 0 Å². The van der Waals surface area contributed by atoms with E-state index in [1.807, 2.05) is 38.3 Å². The Labute approximate surface area is 214 Å². The van der Waals surface area contributed by atoms with Crippen LogP contribution in [-0.2, 0) is 14.3 Å². The number of carbonyl (C=O) groups is 2. The first-order chi connectivity index (χ1) is 16.5. The molecule has 1 aromatic heterocycles. The summed E-state index contributed by atoms with van der Waals surface area (Å²) in [6.07, 6.45) is 7.80. The average Bonchev–Trinajstić information content (AvgIpc) is 3.21. The molecule has 2 heterocycles. The van der Waals surface area contributed by atoms with Crippen LogP contribution < -0.4 is 0 Å². The first kappa shape index (κ1) is 29.4. The zero-order valence-corrected chi connectivity index (χ0v) is 22.9. The number of aliphatic hydroxyl groups is 2. The molecular weight excluding hydrogens is 462 g/mol. The Balaban J connectivity index is 2.22. The van der Waals surface area contributed by atoms with Gasteiger partial charge in [0, 0.05) is 23.6 Å². The predicted octanol–water partition coefficient (Wildman–Crippen LogP) is 5.51. The molecular formula is C28H43NO5S. The van der Waals surface area contributed by atoms with Gasteiger partial charge in [-0.2, -0.15) is 0 Å². The number of ether oxygens (including phenoxy) is 1. The van der Waals surface area contributed by atoms with Crippen LogP contribution in [0.15, 0.2) is 23.1 Å². The van der Waals surface area contributed by atoms with E-state index in [1.165, 1.54) is 0 Å². The fourth-order valence-electron chi connectivity index (χ4n) is 4.73. The lowest BCUT2D eigenvalue weighted by atomic mass is 9.80. The summed E-state index contributed by atoms with van der Waals surface area (Å²) >= 11 is 1.56. The van der Waals surface area contributed by atoms with E-state index in [1.54, 1.807) is 25.2 Å². The Morgan fingerprint density at radius 1 is 1.14 bits per heavy atom. The molecule has 6 nitrogen and oxygen atoms in total. The maximum absolute atomic E-state index is 13.0. The summed E-state index contributed by atoms with van der Waals surface area (Å²) in [4.78, 5) is 30.2. The number of esters is 1. The quantitative estimate of drug-likeness (QED) is 0.406. The van der Waals surface area contributed by atoms with Crippen molar-refractivity contribution in [2.24, 2.45) is 23.7 Å². The Bertz CT molecular complexity index is 892. The molecule has 0 amide bonds. The normalized spacial score (nSPS) is 33.1. The first-order valence-electron chi connectivity index (χ1n) is 12.8. The van der Waals surface area contributed by atoms with Crippen LogP contribution in [0.1, 0.15) is 83.8 Å². The van der Waals surface area contributed by atoms with Gasteiger partial charge in [-0.1, -0.05) is 46.3 Å². The summed E-state index contributed by atoms with van der Waals surface area (Å²) < 4.78 is 5.77. The van der Waals surface area contributed by atoms with Crippen molar-refractivity contribution in [3.8, 4) is 0 Å². The van der Waals surface area contributed by atoms with Gasteiger partial charge in [-0.3, -0.25) is 9.59 Å². The summed E-state index contributed by atoms with van der Waals surface area (Å²) in [5, 5.41) is 24.4. The van der Waals surface area contributed by atoms with Crippen LogP contribution in [0.3, 0.4) is 0 Å². The van der Waals surface area contributed by atoms with Crippen LogP contribution in [-0.4, -0.2) is 45.3 Å². The van der Waals surface area contributed by atoms with Gasteiger partial charge in [-0.25, -0.2) is 4.98 Å². The number of nitrogens with zero attached hydrogens (tertiary/aromatic N) is 1. The number of aliphatic hydroxyl groups excluding tert-OH is 2. The standard InChI is InChI=1S/C28H43NO5S/c1-17-11-9-7-8-10-12-25(18(2)14-23-16-35-22(6)29-23)34-26(31)15-24(30)20(4)28(33)21(5)27(32)19(3)13-17/h8,10,14,16-17,19-21,24-25,27,30,32H,7,9,11-13,15H2,1-6H3/b10-8?,18-14+/t17?,19-,20?,21+,24-,25-,27-/m0/s1. The van der Waals surface area contributed by atoms with Crippen LogP contribution in [0.25, 0.3) is 6.08 Å². The molecule has 35 heavy (non-hydrogen) atoms. The third kappa shape index (κ3) is 9.28. The van der Waals surface area contributed by atoms with Crippen LogP contribution in [0.2, 0.25) is 0 Å². The summed E-state index contributed by atoms with van der Waals surface area (Å²) in [5.41, 5.74) is 1.71. The van der Waals surface area contributed by atoms with Gasteiger partial charge in [0.05, 0.1) is 29.3 Å². The first-order valence-corrected chi connectivity index (χ1v) is 13.7. The van der Waals surface area contributed by atoms with E-state index in [0.717, 1.165) is 42.0 Å². The number of Topliss-reactive ketones (excluding diaryl/α,β-unsaturated/α-hetero) is 1. The van der Waals surface area contributed by atoms with Crippen LogP contribution in [0, 0.1) is 30.6 Å². The minimum Gasteiger partial charge on any atom is -0.457 e. The number of cyclic esters (lactones) is 1. The highest BCUT2D eigenvalue weighted by atomic mass is 32.1. The van der Waals surface area contributed by atoms with Crippen molar-refractivity contribution >= 4 is 29.2 Å². The number of carbonyl (C=O) groups excluding carboxylic acids is 2. The van der Waals surface area contributed by atoms with Crippen molar-refractivity contribution in [1.82, 2.24) is 4.98 Å². The maximum atomic E-state index is 13.0. The number of aryl methyl sites for hydroxylation is 1. The smallest absolute Gasteiger partial charge is 0.309 e. The largest absolute Gasteiger partial charge is 0.457 e. The molecule has 2 rings (SSSR count). The van der Waals surface area contributed by atoms with Crippen molar-refractivity contribution in [1.29, 1.82) is 0 Å². The second kappa shape index (κ2) is 14.0. The molecule has 0 aliphatic carbocycles. The minimum atomic E-state index is -1.17. The van der Waals surface area contributed by atoms with Crippen LogP contribution in [0.4, 0.5) is 0 Å². The lowest BCUT2D eigenvalue weighted by Gasteiger charge is -2.29. The third-order valence-electron chi connectivity index (χ3n) is 7.10. The number of ketones is 1. The Morgan fingerprint density at radius 3 is 2.51 bits per heavy atom. The molecule has 2 N–H and O–H groups in total. The highest BCUT2D eigenvalue weighted by molar-refractivity contribution is 7.09. The molecule has 0 radical (unpaired) electrons. The molecule has 1 aliphatic heterocycles. The summed E-state index contributed by atoms with van der Waals surface area (Å²) in [6, 6.07) is 0. The molecule has 7 heteroatoms. The van der Waals surface area contributed by atoms with Crippen LogP contribution >= 0.6 is 11.3 Å². The van der Waals surface area contributed by atoms with E-state index >= 15 is 0 Å². The van der Waals surface area contributed by atoms with Gasteiger partial charge in [0.25, 0.3) is 0 Å². The van der Waals surface area contributed by atoms with E-state index in [4.69, 9.17) is 4.74 Å². The maximum Gasteiger partial charge on any atom is 0.309 e. The van der Waals surface area contributed by atoms with Crippen molar-refractivity contribution in [3.05, 3.63) is 33.8 Å². The summed E-state index contributed by atoms with van der Waals surface area (Å²) in [7, 11) is 0. The number of aromatic nitrogens is 1. The van der Waals surface area contributed by atoms with E-state index in [9.17, 15) is 19.8 Å². The van der Waals surface area contributed by atoms with Crippen molar-refractivity contribution in [2.45, 2.75) is 98.4 Å². The van der Waals surface area contributed by atoms with E-state index in [2.05, 4.69) is 18.0 Å². The fraction of sp³-hybridized carbons (Fsp3) is 0.679. The van der Waals surface area contributed by atoms with Gasteiger partial charge < -0.3 is 14.9 Å². The van der Waals surface area contributed by atoms with Gasteiger partial charge in [-0.05, 0) is 56.6 Å². The molecule has 0 spiro atoms. The molecule has 0 saturated heterocycles. The zero-order chi connectivity index (χ0) is 26.1. The molecule has 1 aliphatic rings. The molecule has 0 fully saturated rings. The van der Waals surface area contributed by atoms with Gasteiger partial charge in [0.1, 0.15) is 11.9 Å². The monoisotopic (exact) mass is 505 g/mol. The molecule has 7 atom stereocenters. The number of rotatable bonds is 2. The Hall–Kier alpha value is -1.83. The Kier molecular flexibility index (Phi) is 11.8. The van der Waals surface area contributed by atoms with E-state index in [-0.39, 0.29) is 18.1 Å². The van der Waals surface area contributed by atoms with Gasteiger partial charge in [0.15, 0.2) is 0 Å². The molecule has 0 aromatic carbocycles. The topological polar surface area (TPSA) is 96.7 Å². The third-order valence-corrected chi connectivity index (χ3v) is 7.89. The molecule has 0 saturated carbocycles. The minimum absolute atomic E-state index is 0.0234. The number of allylic oxidation sites excluding steroid dienone is 1. The average molecular weight is 506 g/mol.